The molecule has 160 valence electrons. The van der Waals surface area contributed by atoms with Crippen LogP contribution in [0.5, 0.6) is 0 Å². The topological polar surface area (TPSA) is 81.4 Å². The summed E-state index contributed by atoms with van der Waals surface area (Å²) in [5.41, 5.74) is 1.64. The van der Waals surface area contributed by atoms with Crippen molar-refractivity contribution in [1.29, 1.82) is 0 Å². The first kappa shape index (κ1) is 21.7. The smallest absolute Gasteiger partial charge is 0.358 e. The minimum atomic E-state index is -0.492. The van der Waals surface area contributed by atoms with E-state index in [0.717, 1.165) is 10.3 Å². The first-order valence-corrected chi connectivity index (χ1v) is 11.5. The summed E-state index contributed by atoms with van der Waals surface area (Å²) in [6.45, 7) is 0.470. The van der Waals surface area contributed by atoms with Crippen LogP contribution in [0.25, 0.3) is 27.9 Å². The van der Waals surface area contributed by atoms with E-state index in [9.17, 15) is 9.59 Å². The van der Waals surface area contributed by atoms with Crippen molar-refractivity contribution in [3.63, 3.8) is 0 Å². The van der Waals surface area contributed by atoms with E-state index >= 15 is 0 Å². The Labute approximate surface area is 191 Å². The molecule has 0 fully saturated rings. The van der Waals surface area contributed by atoms with Crippen LogP contribution in [0.15, 0.2) is 58.1 Å². The predicted octanol–water partition coefficient (Wildman–Crippen LogP) is 4.16. The molecule has 0 radical (unpaired) electrons. The second kappa shape index (κ2) is 9.32. The largest absolute Gasteiger partial charge is 0.367 e. The number of fused-ring (bicyclic) bond motifs is 1. The lowest BCUT2D eigenvalue weighted by atomic mass is 9.97. The normalized spacial score (nSPS) is 11.3. The highest BCUT2D eigenvalue weighted by atomic mass is 35.5. The van der Waals surface area contributed by atoms with Gasteiger partial charge in [0.05, 0.1) is 12.2 Å². The number of thioether (sulfide) groups is 1. The molecule has 0 aliphatic heterocycles. The standard InChI is InChI=1S/C21H18Cl2N4O3S/c1-31-11-10-30-12-26-21(29)27-19(24-26)17(13-2-6-15(22)7-3-13)18(20(28)25-27)14-4-8-16(23)9-5-14/h2-9H,10-12H2,1H3,(H,25,28). The van der Waals surface area contributed by atoms with Crippen molar-refractivity contribution >= 4 is 40.6 Å². The fourth-order valence-electron chi connectivity index (χ4n) is 3.21. The van der Waals surface area contributed by atoms with Crippen LogP contribution in [0.3, 0.4) is 0 Å². The lowest BCUT2D eigenvalue weighted by molar-refractivity contribution is 0.0785. The molecule has 2 aromatic carbocycles. The monoisotopic (exact) mass is 476 g/mol. The Kier molecular flexibility index (Phi) is 6.52. The number of nitrogens with zero attached hydrogens (tertiary/aromatic N) is 3. The van der Waals surface area contributed by atoms with Gasteiger partial charge in [0.25, 0.3) is 5.56 Å². The lowest BCUT2D eigenvalue weighted by Crippen LogP contribution is -2.27. The van der Waals surface area contributed by atoms with Crippen molar-refractivity contribution in [3.8, 4) is 22.3 Å². The van der Waals surface area contributed by atoms with Crippen molar-refractivity contribution in [3.05, 3.63) is 79.4 Å². The van der Waals surface area contributed by atoms with E-state index in [1.54, 1.807) is 60.3 Å². The van der Waals surface area contributed by atoms with E-state index in [1.165, 1.54) is 4.68 Å². The fraction of sp³-hybridized carbons (Fsp3) is 0.190. The molecular weight excluding hydrogens is 459 g/mol. The Balaban J connectivity index is 1.96. The maximum atomic E-state index is 13.1. The summed E-state index contributed by atoms with van der Waals surface area (Å²) in [6, 6.07) is 13.9. The first-order valence-electron chi connectivity index (χ1n) is 9.34. The molecular formula is C21H18Cl2N4O3S. The van der Waals surface area contributed by atoms with E-state index in [1.807, 2.05) is 6.26 Å². The maximum Gasteiger partial charge on any atom is 0.367 e. The van der Waals surface area contributed by atoms with Crippen LogP contribution < -0.4 is 11.2 Å². The molecule has 7 nitrogen and oxygen atoms in total. The van der Waals surface area contributed by atoms with Crippen molar-refractivity contribution in [2.75, 3.05) is 18.6 Å². The van der Waals surface area contributed by atoms with Crippen LogP contribution in [0.2, 0.25) is 10.0 Å². The number of aromatic nitrogens is 4. The van der Waals surface area contributed by atoms with Gasteiger partial charge in [-0.2, -0.15) is 21.0 Å². The van der Waals surface area contributed by atoms with Crippen molar-refractivity contribution < 1.29 is 4.74 Å². The third kappa shape index (κ3) is 4.43. The van der Waals surface area contributed by atoms with Gasteiger partial charge in [-0.05, 0) is 41.6 Å². The summed E-state index contributed by atoms with van der Waals surface area (Å²) in [4.78, 5) is 25.9. The quantitative estimate of drug-likeness (QED) is 0.405. The molecule has 0 atom stereocenters. The Bertz CT molecular complexity index is 1330. The zero-order valence-electron chi connectivity index (χ0n) is 16.5. The summed E-state index contributed by atoms with van der Waals surface area (Å²) >= 11 is 13.7. The molecule has 2 aromatic heterocycles. The van der Waals surface area contributed by atoms with E-state index in [2.05, 4.69) is 10.2 Å². The Morgan fingerprint density at radius 2 is 1.55 bits per heavy atom. The molecule has 2 heterocycles. The van der Waals surface area contributed by atoms with Crippen molar-refractivity contribution in [1.82, 2.24) is 19.4 Å². The molecule has 4 rings (SSSR count). The van der Waals surface area contributed by atoms with E-state index in [0.29, 0.717) is 44.6 Å². The van der Waals surface area contributed by atoms with Gasteiger partial charge in [-0.25, -0.2) is 4.79 Å². The molecule has 0 bridgehead atoms. The van der Waals surface area contributed by atoms with Gasteiger partial charge in [-0.3, -0.25) is 9.89 Å². The summed E-state index contributed by atoms with van der Waals surface area (Å²) < 4.78 is 7.87. The SMILES string of the molecule is CSCCOCn1nc2c(-c3ccc(Cl)cc3)c(-c3ccc(Cl)cc3)c(=O)[nH]n2c1=O. The van der Waals surface area contributed by atoms with E-state index < -0.39 is 11.2 Å². The zero-order chi connectivity index (χ0) is 22.0. The maximum absolute atomic E-state index is 13.1. The van der Waals surface area contributed by atoms with E-state index in [-0.39, 0.29) is 6.73 Å². The Morgan fingerprint density at radius 1 is 0.968 bits per heavy atom. The van der Waals surface area contributed by atoms with Crippen molar-refractivity contribution in [2.24, 2.45) is 0 Å². The molecule has 4 aromatic rings. The highest BCUT2D eigenvalue weighted by Gasteiger charge is 2.21. The molecule has 10 heteroatoms. The molecule has 0 saturated heterocycles. The van der Waals surface area contributed by atoms with Crippen LogP contribution in [-0.2, 0) is 11.5 Å². The van der Waals surface area contributed by atoms with E-state index in [4.69, 9.17) is 27.9 Å². The molecule has 0 spiro atoms. The van der Waals surface area contributed by atoms with Crippen LogP contribution in [0.1, 0.15) is 0 Å². The summed E-state index contributed by atoms with van der Waals surface area (Å²) in [5.74, 6) is 0.801. The molecule has 0 amide bonds. The second-order valence-corrected chi connectivity index (χ2v) is 8.53. The number of hydrogen-bond donors (Lipinski definition) is 1. The number of hydrogen-bond acceptors (Lipinski definition) is 5. The zero-order valence-corrected chi connectivity index (χ0v) is 18.8. The molecule has 31 heavy (non-hydrogen) atoms. The number of rotatable bonds is 7. The highest BCUT2D eigenvalue weighted by molar-refractivity contribution is 7.98. The first-order chi connectivity index (χ1) is 15.0. The van der Waals surface area contributed by atoms with Gasteiger partial charge in [-0.1, -0.05) is 47.5 Å². The third-order valence-corrected chi connectivity index (χ3v) is 5.74. The highest BCUT2D eigenvalue weighted by Crippen LogP contribution is 2.32. The molecule has 1 N–H and O–H groups in total. The summed E-state index contributed by atoms with van der Waals surface area (Å²) in [7, 11) is 0. The van der Waals surface area contributed by atoms with Gasteiger partial charge in [0.15, 0.2) is 5.65 Å². The number of benzene rings is 2. The third-order valence-electron chi connectivity index (χ3n) is 4.66. The van der Waals surface area contributed by atoms with Gasteiger partial charge in [0.1, 0.15) is 6.73 Å². The Hall–Kier alpha value is -2.52. The Morgan fingerprint density at radius 3 is 2.13 bits per heavy atom. The average Bonchev–Trinajstić information content (AvgIpc) is 3.07. The predicted molar refractivity (Wildman–Crippen MR) is 125 cm³/mol. The van der Waals surface area contributed by atoms with Crippen LogP contribution in [0, 0.1) is 0 Å². The van der Waals surface area contributed by atoms with Gasteiger partial charge in [0, 0.05) is 21.4 Å². The fourth-order valence-corrected chi connectivity index (χ4v) is 3.75. The van der Waals surface area contributed by atoms with Crippen LogP contribution >= 0.6 is 35.0 Å². The molecule has 0 aliphatic rings. The molecule has 0 unspecified atom stereocenters. The van der Waals surface area contributed by atoms with Crippen LogP contribution in [-0.4, -0.2) is 38.0 Å². The number of H-pyrrole nitrogens is 1. The number of ether oxygens (including phenoxy) is 1. The second-order valence-electron chi connectivity index (χ2n) is 6.68. The average molecular weight is 477 g/mol. The van der Waals surface area contributed by atoms with Crippen molar-refractivity contribution in [2.45, 2.75) is 6.73 Å². The molecule has 0 aliphatic carbocycles. The van der Waals surface area contributed by atoms with Gasteiger partial charge >= 0.3 is 5.69 Å². The lowest BCUT2D eigenvalue weighted by Gasteiger charge is -2.10. The number of halogens is 2. The summed E-state index contributed by atoms with van der Waals surface area (Å²) in [5, 5.41) is 8.20. The molecule has 0 saturated carbocycles. The van der Waals surface area contributed by atoms with Gasteiger partial charge < -0.3 is 4.74 Å². The van der Waals surface area contributed by atoms with Crippen LogP contribution in [0.4, 0.5) is 0 Å². The summed E-state index contributed by atoms with van der Waals surface area (Å²) in [6.07, 6.45) is 1.97. The number of aromatic amines is 1. The number of nitrogens with one attached hydrogen (secondary N) is 1. The minimum Gasteiger partial charge on any atom is -0.358 e. The van der Waals surface area contributed by atoms with Gasteiger partial charge in [-0.15, -0.1) is 5.10 Å². The van der Waals surface area contributed by atoms with Gasteiger partial charge in [0.2, 0.25) is 0 Å². The minimum absolute atomic E-state index is 0.0144.